The van der Waals surface area contributed by atoms with Crippen molar-refractivity contribution in [2.75, 3.05) is 49.5 Å². The summed E-state index contributed by atoms with van der Waals surface area (Å²) in [7, 11) is 0. The second-order valence-corrected chi connectivity index (χ2v) is 9.67. The van der Waals surface area contributed by atoms with Gasteiger partial charge in [-0.3, -0.25) is 0 Å². The number of hydrogen-bond donors (Lipinski definition) is 3. The second-order valence-electron chi connectivity index (χ2n) is 9.67. The van der Waals surface area contributed by atoms with Gasteiger partial charge < -0.3 is 29.6 Å². The molecule has 1 fully saturated rings. The number of anilines is 3. The number of pyridine rings is 2. The van der Waals surface area contributed by atoms with Gasteiger partial charge in [0.05, 0.1) is 17.6 Å². The fraction of sp³-hybridized carbons (Fsp3) is 0.310. The average molecular weight is 496 g/mol. The standard InChI is InChI=1S/C29H33N7O/c1-3-34-11-13-35(14-12-34)23-5-7-28(32-19-23)33-27-17-25(20(2)36-10-9-30-29(27)36)21-4-6-24-22(8-15-37)18-31-26(24)16-21/h4-7,9-10,16-19,31,37H,3,8,11-15H2,1-2H3,(H,32,33). The van der Waals surface area contributed by atoms with E-state index in [-0.39, 0.29) is 6.61 Å². The largest absolute Gasteiger partial charge is 0.396 e. The number of benzene rings is 1. The lowest BCUT2D eigenvalue weighted by Gasteiger charge is -2.35. The molecular formula is C29H33N7O. The third-order valence-electron chi connectivity index (χ3n) is 7.58. The van der Waals surface area contributed by atoms with Crippen molar-refractivity contribution in [1.82, 2.24) is 24.3 Å². The Morgan fingerprint density at radius 3 is 2.68 bits per heavy atom. The first-order valence-electron chi connectivity index (χ1n) is 13.0. The number of imidazole rings is 1. The van der Waals surface area contributed by atoms with Crippen LogP contribution in [0.1, 0.15) is 18.2 Å². The molecule has 0 aliphatic carbocycles. The molecule has 1 aromatic carbocycles. The Hall–Kier alpha value is -3.88. The van der Waals surface area contributed by atoms with Crippen LogP contribution in [0.4, 0.5) is 17.2 Å². The summed E-state index contributed by atoms with van der Waals surface area (Å²) >= 11 is 0. The summed E-state index contributed by atoms with van der Waals surface area (Å²) in [6.45, 7) is 9.85. The van der Waals surface area contributed by atoms with Crippen LogP contribution in [0.15, 0.2) is 61.2 Å². The van der Waals surface area contributed by atoms with Gasteiger partial charge in [-0.2, -0.15) is 0 Å². The lowest BCUT2D eigenvalue weighted by molar-refractivity contribution is 0.271. The van der Waals surface area contributed by atoms with Crippen LogP contribution in [0, 0.1) is 6.92 Å². The van der Waals surface area contributed by atoms with E-state index in [9.17, 15) is 5.11 Å². The SMILES string of the molecule is CCN1CCN(c2ccc(Nc3cc(-c4ccc5c(CCO)c[nH]c5c4)c(C)n4ccnc34)nc2)CC1. The van der Waals surface area contributed by atoms with Gasteiger partial charge in [-0.05, 0) is 55.3 Å². The number of fused-ring (bicyclic) bond motifs is 2. The number of nitrogens with one attached hydrogen (secondary N) is 2. The average Bonchev–Trinajstić information content (AvgIpc) is 3.59. The molecule has 0 amide bonds. The Bertz CT molecular complexity index is 1530. The first kappa shape index (κ1) is 23.5. The van der Waals surface area contributed by atoms with Crippen LogP contribution >= 0.6 is 0 Å². The number of aryl methyl sites for hydroxylation is 1. The summed E-state index contributed by atoms with van der Waals surface area (Å²) in [4.78, 5) is 17.6. The molecule has 0 spiro atoms. The third kappa shape index (κ3) is 4.43. The van der Waals surface area contributed by atoms with E-state index in [1.165, 1.54) is 0 Å². The number of H-pyrrole nitrogens is 1. The Balaban J connectivity index is 1.30. The zero-order chi connectivity index (χ0) is 25.4. The van der Waals surface area contributed by atoms with E-state index in [0.717, 1.165) is 88.9 Å². The molecule has 0 radical (unpaired) electrons. The van der Waals surface area contributed by atoms with E-state index in [1.807, 2.05) is 30.9 Å². The molecule has 1 aliphatic heterocycles. The van der Waals surface area contributed by atoms with Crippen molar-refractivity contribution >= 4 is 33.7 Å². The molecule has 1 saturated heterocycles. The van der Waals surface area contributed by atoms with Gasteiger partial charge in [0, 0.05) is 73.5 Å². The summed E-state index contributed by atoms with van der Waals surface area (Å²) in [5, 5.41) is 14.0. The zero-order valence-electron chi connectivity index (χ0n) is 21.4. The van der Waals surface area contributed by atoms with Crippen molar-refractivity contribution in [3.63, 3.8) is 0 Å². The smallest absolute Gasteiger partial charge is 0.160 e. The predicted octanol–water partition coefficient (Wildman–Crippen LogP) is 4.61. The number of rotatable bonds is 7. The van der Waals surface area contributed by atoms with Gasteiger partial charge in [-0.15, -0.1) is 0 Å². The van der Waals surface area contributed by atoms with Crippen LogP contribution in [0.25, 0.3) is 27.7 Å². The first-order valence-corrected chi connectivity index (χ1v) is 13.0. The van der Waals surface area contributed by atoms with Crippen LogP contribution in [0.5, 0.6) is 0 Å². The van der Waals surface area contributed by atoms with Crippen LogP contribution in [0.3, 0.4) is 0 Å². The summed E-state index contributed by atoms with van der Waals surface area (Å²) in [5.74, 6) is 0.795. The number of likely N-dealkylation sites (N-methyl/N-ethyl adjacent to an activating group) is 1. The van der Waals surface area contributed by atoms with Crippen molar-refractivity contribution in [1.29, 1.82) is 0 Å². The maximum atomic E-state index is 9.36. The molecule has 190 valence electrons. The molecule has 6 rings (SSSR count). The van der Waals surface area contributed by atoms with Crippen molar-refractivity contribution in [2.45, 2.75) is 20.3 Å². The van der Waals surface area contributed by atoms with Gasteiger partial charge >= 0.3 is 0 Å². The lowest BCUT2D eigenvalue weighted by Crippen LogP contribution is -2.46. The highest BCUT2D eigenvalue weighted by atomic mass is 16.2. The fourth-order valence-corrected chi connectivity index (χ4v) is 5.39. The van der Waals surface area contributed by atoms with Crippen LogP contribution in [0.2, 0.25) is 0 Å². The highest BCUT2D eigenvalue weighted by Crippen LogP contribution is 2.33. The molecule has 4 aromatic heterocycles. The molecule has 0 bridgehead atoms. The monoisotopic (exact) mass is 495 g/mol. The van der Waals surface area contributed by atoms with E-state index >= 15 is 0 Å². The first-order chi connectivity index (χ1) is 18.1. The third-order valence-corrected chi connectivity index (χ3v) is 7.58. The van der Waals surface area contributed by atoms with Gasteiger partial charge in [0.1, 0.15) is 5.82 Å². The maximum absolute atomic E-state index is 9.36. The number of nitrogens with zero attached hydrogens (tertiary/aromatic N) is 5. The number of aromatic nitrogens is 4. The minimum absolute atomic E-state index is 0.143. The van der Waals surface area contributed by atoms with Crippen LogP contribution < -0.4 is 10.2 Å². The normalized spacial score (nSPS) is 14.6. The van der Waals surface area contributed by atoms with Crippen LogP contribution in [-0.4, -0.2) is 68.7 Å². The quantitative estimate of drug-likeness (QED) is 0.306. The highest BCUT2D eigenvalue weighted by Gasteiger charge is 2.17. The molecule has 8 nitrogen and oxygen atoms in total. The summed E-state index contributed by atoms with van der Waals surface area (Å²) < 4.78 is 2.12. The van der Waals surface area contributed by atoms with Gasteiger partial charge in [0.2, 0.25) is 0 Å². The Labute approximate surface area is 216 Å². The van der Waals surface area contributed by atoms with Gasteiger partial charge in [0.15, 0.2) is 5.65 Å². The van der Waals surface area contributed by atoms with Crippen molar-refractivity contribution < 1.29 is 5.11 Å². The molecule has 0 atom stereocenters. The Kier molecular flexibility index (Phi) is 6.28. The highest BCUT2D eigenvalue weighted by molar-refractivity contribution is 5.89. The molecule has 0 saturated carbocycles. The minimum atomic E-state index is 0.143. The lowest BCUT2D eigenvalue weighted by atomic mass is 10.0. The van der Waals surface area contributed by atoms with E-state index in [2.05, 4.69) is 73.7 Å². The molecule has 8 heteroatoms. The minimum Gasteiger partial charge on any atom is -0.396 e. The molecule has 0 unspecified atom stereocenters. The zero-order valence-corrected chi connectivity index (χ0v) is 21.4. The van der Waals surface area contributed by atoms with E-state index in [1.54, 1.807) is 0 Å². The number of aliphatic hydroxyl groups is 1. The fourth-order valence-electron chi connectivity index (χ4n) is 5.39. The molecule has 5 aromatic rings. The molecular weight excluding hydrogens is 462 g/mol. The summed E-state index contributed by atoms with van der Waals surface area (Å²) in [6, 6.07) is 12.8. The Morgan fingerprint density at radius 1 is 1.05 bits per heavy atom. The summed E-state index contributed by atoms with van der Waals surface area (Å²) in [5.41, 5.74) is 8.51. The molecule has 1 aliphatic rings. The number of piperazine rings is 1. The number of hydrogen-bond acceptors (Lipinski definition) is 6. The van der Waals surface area contributed by atoms with Crippen molar-refractivity contribution in [2.24, 2.45) is 0 Å². The topological polar surface area (TPSA) is 84.7 Å². The van der Waals surface area contributed by atoms with Gasteiger partial charge in [0.25, 0.3) is 0 Å². The van der Waals surface area contributed by atoms with Crippen molar-refractivity contribution in [3.8, 4) is 11.1 Å². The predicted molar refractivity (Wildman–Crippen MR) is 150 cm³/mol. The molecule has 5 heterocycles. The molecule has 37 heavy (non-hydrogen) atoms. The Morgan fingerprint density at radius 2 is 1.92 bits per heavy atom. The van der Waals surface area contributed by atoms with Gasteiger partial charge in [-0.1, -0.05) is 19.1 Å². The van der Waals surface area contributed by atoms with E-state index in [4.69, 9.17) is 4.98 Å². The number of aromatic amines is 1. The summed E-state index contributed by atoms with van der Waals surface area (Å²) in [6.07, 6.45) is 8.43. The number of aliphatic hydroxyl groups excluding tert-OH is 1. The van der Waals surface area contributed by atoms with Crippen molar-refractivity contribution in [3.05, 3.63) is 72.4 Å². The molecule has 3 N–H and O–H groups in total. The van der Waals surface area contributed by atoms with E-state index in [0.29, 0.717) is 6.42 Å². The van der Waals surface area contributed by atoms with Crippen LogP contribution in [-0.2, 0) is 6.42 Å². The van der Waals surface area contributed by atoms with E-state index < -0.39 is 0 Å². The van der Waals surface area contributed by atoms with Gasteiger partial charge in [-0.25, -0.2) is 9.97 Å². The maximum Gasteiger partial charge on any atom is 0.160 e. The second kappa shape index (κ2) is 9.88.